The van der Waals surface area contributed by atoms with E-state index in [1.807, 2.05) is 30.3 Å². The Morgan fingerprint density at radius 3 is 2.45 bits per heavy atom. The molecule has 0 saturated carbocycles. The smallest absolute Gasteiger partial charge is 0.252 e. The number of hydrogen-bond acceptors (Lipinski definition) is 6. The zero-order valence-electron chi connectivity index (χ0n) is 16.0. The van der Waals surface area contributed by atoms with E-state index in [1.54, 1.807) is 21.8 Å². The maximum absolute atomic E-state index is 13.1. The summed E-state index contributed by atoms with van der Waals surface area (Å²) in [6.07, 6.45) is 2.87. The molecule has 0 amide bonds. The van der Waals surface area contributed by atoms with Gasteiger partial charge in [-0.25, -0.2) is 18.4 Å². The Morgan fingerprint density at radius 2 is 1.72 bits per heavy atom. The molecule has 0 radical (unpaired) electrons. The van der Waals surface area contributed by atoms with Gasteiger partial charge in [0.25, 0.3) is 10.0 Å². The molecular weight excluding hydrogens is 404 g/mol. The molecule has 8 heteroatoms. The minimum Gasteiger partial charge on any atom is -0.356 e. The molecule has 2 aliphatic heterocycles. The molecule has 1 saturated heterocycles. The van der Waals surface area contributed by atoms with Crippen molar-refractivity contribution in [3.05, 3.63) is 59.1 Å². The molecule has 6 nitrogen and oxygen atoms in total. The zero-order chi connectivity index (χ0) is 19.8. The zero-order valence-corrected chi connectivity index (χ0v) is 17.6. The highest BCUT2D eigenvalue weighted by atomic mass is 32.2. The summed E-state index contributed by atoms with van der Waals surface area (Å²) in [4.78, 5) is 12.0. The van der Waals surface area contributed by atoms with Crippen LogP contribution in [0, 0.1) is 0 Å². The molecule has 4 heterocycles. The predicted octanol–water partition coefficient (Wildman–Crippen LogP) is 3.55. The highest BCUT2D eigenvalue weighted by Gasteiger charge is 2.33. The lowest BCUT2D eigenvalue weighted by Gasteiger charge is -2.31. The summed E-state index contributed by atoms with van der Waals surface area (Å²) in [5, 5.41) is 1.80. The van der Waals surface area contributed by atoms with Crippen molar-refractivity contribution in [2.24, 2.45) is 0 Å². The molecule has 1 aromatic carbocycles. The van der Waals surface area contributed by atoms with E-state index in [1.165, 1.54) is 11.3 Å². The first-order chi connectivity index (χ1) is 14.1. The lowest BCUT2D eigenvalue weighted by atomic mass is 10.1. The normalized spacial score (nSPS) is 17.4. The highest BCUT2D eigenvalue weighted by Crippen LogP contribution is 2.34. The molecule has 2 aromatic heterocycles. The molecule has 0 atom stereocenters. The van der Waals surface area contributed by atoms with Crippen molar-refractivity contribution in [2.45, 2.75) is 30.0 Å². The minimum atomic E-state index is -3.49. The van der Waals surface area contributed by atoms with Crippen LogP contribution in [0.25, 0.3) is 11.4 Å². The molecule has 29 heavy (non-hydrogen) atoms. The summed E-state index contributed by atoms with van der Waals surface area (Å²) in [6, 6.07) is 13.5. The van der Waals surface area contributed by atoms with Crippen molar-refractivity contribution < 1.29 is 8.42 Å². The fourth-order valence-electron chi connectivity index (χ4n) is 4.02. The van der Waals surface area contributed by atoms with Crippen LogP contribution in [-0.4, -0.2) is 42.3 Å². The Balaban J connectivity index is 1.57. The van der Waals surface area contributed by atoms with Crippen LogP contribution in [-0.2, 0) is 23.0 Å². The van der Waals surface area contributed by atoms with Crippen LogP contribution >= 0.6 is 11.3 Å². The Labute approximate surface area is 174 Å². The van der Waals surface area contributed by atoms with Gasteiger partial charge in [-0.05, 0) is 24.3 Å². The van der Waals surface area contributed by atoms with Crippen molar-refractivity contribution in [1.82, 2.24) is 14.3 Å². The average molecular weight is 427 g/mol. The number of nitrogens with zero attached hydrogens (tertiary/aromatic N) is 4. The second kappa shape index (κ2) is 7.51. The topological polar surface area (TPSA) is 66.4 Å². The van der Waals surface area contributed by atoms with Crippen LogP contribution in [0.1, 0.15) is 24.1 Å². The van der Waals surface area contributed by atoms with Gasteiger partial charge in [-0.15, -0.1) is 11.3 Å². The summed E-state index contributed by atoms with van der Waals surface area (Å²) in [6.45, 7) is 2.68. The molecule has 0 spiro atoms. The van der Waals surface area contributed by atoms with Gasteiger partial charge in [0.2, 0.25) is 0 Å². The molecule has 0 N–H and O–H groups in total. The molecule has 150 valence electrons. The van der Waals surface area contributed by atoms with Crippen molar-refractivity contribution in [2.75, 3.05) is 24.5 Å². The van der Waals surface area contributed by atoms with Crippen LogP contribution in [0.2, 0.25) is 0 Å². The van der Waals surface area contributed by atoms with E-state index >= 15 is 0 Å². The molecule has 3 aromatic rings. The molecule has 0 unspecified atom stereocenters. The van der Waals surface area contributed by atoms with Gasteiger partial charge in [-0.3, -0.25) is 0 Å². The lowest BCUT2D eigenvalue weighted by Crippen LogP contribution is -2.37. The van der Waals surface area contributed by atoms with Gasteiger partial charge in [-0.2, -0.15) is 4.31 Å². The molecule has 0 aliphatic carbocycles. The fourth-order valence-corrected chi connectivity index (χ4v) is 6.57. The Bertz CT molecular complexity index is 1110. The highest BCUT2D eigenvalue weighted by molar-refractivity contribution is 7.91. The monoisotopic (exact) mass is 426 g/mol. The predicted molar refractivity (Wildman–Crippen MR) is 115 cm³/mol. The van der Waals surface area contributed by atoms with E-state index in [4.69, 9.17) is 9.97 Å². The van der Waals surface area contributed by atoms with Crippen molar-refractivity contribution >= 4 is 27.2 Å². The van der Waals surface area contributed by atoms with Gasteiger partial charge in [-0.1, -0.05) is 36.4 Å². The third-order valence-corrected chi connectivity index (χ3v) is 8.75. The summed E-state index contributed by atoms with van der Waals surface area (Å²) < 4.78 is 28.1. The SMILES string of the molecule is O=S(=O)(c1cccs1)N1CCc2nc(-c3ccccc3)nc(N3CCCC3)c2C1. The number of aromatic nitrogens is 2. The van der Waals surface area contributed by atoms with E-state index < -0.39 is 10.0 Å². The number of fused-ring (bicyclic) bond motifs is 1. The second-order valence-electron chi connectivity index (χ2n) is 7.38. The number of hydrogen-bond donors (Lipinski definition) is 0. The first-order valence-corrected chi connectivity index (χ1v) is 12.2. The number of rotatable bonds is 4. The Hall–Kier alpha value is -2.29. The summed E-state index contributed by atoms with van der Waals surface area (Å²) in [5.74, 6) is 1.62. The van der Waals surface area contributed by atoms with E-state index in [0.29, 0.717) is 23.7 Å². The molecular formula is C21H22N4O2S2. The van der Waals surface area contributed by atoms with Gasteiger partial charge in [0.05, 0.1) is 5.69 Å². The first-order valence-electron chi connectivity index (χ1n) is 9.87. The van der Waals surface area contributed by atoms with Gasteiger partial charge in [0, 0.05) is 43.7 Å². The Morgan fingerprint density at radius 1 is 0.931 bits per heavy atom. The van der Waals surface area contributed by atoms with E-state index in [9.17, 15) is 8.42 Å². The third-order valence-electron chi connectivity index (χ3n) is 5.53. The summed E-state index contributed by atoms with van der Waals surface area (Å²) >= 11 is 1.26. The van der Waals surface area contributed by atoms with Crippen LogP contribution in [0.3, 0.4) is 0 Å². The summed E-state index contributed by atoms with van der Waals surface area (Å²) in [5.41, 5.74) is 2.92. The summed E-state index contributed by atoms with van der Waals surface area (Å²) in [7, 11) is -3.49. The van der Waals surface area contributed by atoms with Crippen molar-refractivity contribution in [1.29, 1.82) is 0 Å². The maximum Gasteiger partial charge on any atom is 0.252 e. The molecule has 0 bridgehead atoms. The van der Waals surface area contributed by atoms with Crippen LogP contribution in [0.5, 0.6) is 0 Å². The average Bonchev–Trinajstić information content (AvgIpc) is 3.47. The minimum absolute atomic E-state index is 0.330. The molecule has 1 fully saturated rings. The standard InChI is InChI=1S/C21H22N4O2S2/c26-29(27,19-9-6-14-28-19)25-13-10-18-17(15-25)21(24-11-4-5-12-24)23-20(22-18)16-7-2-1-3-8-16/h1-3,6-9,14H,4-5,10-13,15H2. The fraction of sp³-hybridized carbons (Fsp3) is 0.333. The number of benzene rings is 1. The van der Waals surface area contributed by atoms with E-state index in [-0.39, 0.29) is 0 Å². The van der Waals surface area contributed by atoms with Crippen molar-refractivity contribution in [3.63, 3.8) is 0 Å². The van der Waals surface area contributed by atoms with Crippen LogP contribution < -0.4 is 4.90 Å². The number of anilines is 1. The van der Waals surface area contributed by atoms with Gasteiger partial charge in [0.15, 0.2) is 5.82 Å². The van der Waals surface area contributed by atoms with Gasteiger partial charge in [0.1, 0.15) is 10.0 Å². The van der Waals surface area contributed by atoms with Gasteiger partial charge >= 0.3 is 0 Å². The van der Waals surface area contributed by atoms with E-state index in [2.05, 4.69) is 4.90 Å². The Kier molecular flexibility index (Phi) is 4.85. The molecule has 5 rings (SSSR count). The van der Waals surface area contributed by atoms with E-state index in [0.717, 1.165) is 54.4 Å². The molecule has 2 aliphatic rings. The second-order valence-corrected chi connectivity index (χ2v) is 10.5. The van der Waals surface area contributed by atoms with Gasteiger partial charge < -0.3 is 4.90 Å². The lowest BCUT2D eigenvalue weighted by molar-refractivity contribution is 0.388. The number of thiophene rings is 1. The largest absolute Gasteiger partial charge is 0.356 e. The van der Waals surface area contributed by atoms with Crippen molar-refractivity contribution in [3.8, 4) is 11.4 Å². The van der Waals surface area contributed by atoms with Crippen LogP contribution in [0.15, 0.2) is 52.1 Å². The first kappa shape index (κ1) is 18.7. The number of sulfonamides is 1. The third kappa shape index (κ3) is 3.45. The quantitative estimate of drug-likeness (QED) is 0.638. The van der Waals surface area contributed by atoms with Crippen LogP contribution in [0.4, 0.5) is 5.82 Å². The maximum atomic E-state index is 13.1.